The highest BCUT2D eigenvalue weighted by atomic mass is 32.1. The Morgan fingerprint density at radius 3 is 2.64 bits per heavy atom. The number of fused-ring (bicyclic) bond motifs is 1. The van der Waals surface area contributed by atoms with Crippen LogP contribution in [0.1, 0.15) is 0 Å². The molecule has 6 heteroatoms. The second-order valence-electron chi connectivity index (χ2n) is 4.83. The summed E-state index contributed by atoms with van der Waals surface area (Å²) in [6.45, 7) is 0. The molecule has 0 bridgehead atoms. The monoisotopic (exact) mass is 310 g/mol. The molecule has 4 nitrogen and oxygen atoms in total. The van der Waals surface area contributed by atoms with Gasteiger partial charge in [0.15, 0.2) is 4.96 Å². The van der Waals surface area contributed by atoms with Crippen molar-refractivity contribution in [3.63, 3.8) is 0 Å². The Balaban J connectivity index is 1.92. The van der Waals surface area contributed by atoms with Crippen molar-refractivity contribution in [3.05, 3.63) is 60.0 Å². The first-order valence-electron chi connectivity index (χ1n) is 6.66. The van der Waals surface area contributed by atoms with Crippen LogP contribution in [0.5, 0.6) is 0 Å². The van der Waals surface area contributed by atoms with Crippen LogP contribution in [0.4, 0.5) is 10.2 Å². The highest BCUT2D eigenvalue weighted by Gasteiger charge is 2.16. The lowest BCUT2D eigenvalue weighted by atomic mass is 10.1. The van der Waals surface area contributed by atoms with Crippen LogP contribution in [0.2, 0.25) is 0 Å². The molecule has 0 aliphatic carbocycles. The smallest absolute Gasteiger partial charge is 0.196 e. The molecule has 4 aromatic rings. The van der Waals surface area contributed by atoms with E-state index >= 15 is 0 Å². The van der Waals surface area contributed by atoms with Crippen LogP contribution < -0.4 is 5.73 Å². The van der Waals surface area contributed by atoms with E-state index in [4.69, 9.17) is 5.73 Å². The molecule has 0 spiro atoms. The van der Waals surface area contributed by atoms with Crippen molar-refractivity contribution in [2.24, 2.45) is 0 Å². The van der Waals surface area contributed by atoms with E-state index in [2.05, 4.69) is 9.97 Å². The number of hydrogen-bond donors (Lipinski definition) is 1. The van der Waals surface area contributed by atoms with Crippen molar-refractivity contribution in [1.82, 2.24) is 14.4 Å². The van der Waals surface area contributed by atoms with Gasteiger partial charge in [0.2, 0.25) is 0 Å². The maximum Gasteiger partial charge on any atom is 0.196 e. The molecular weight excluding hydrogens is 299 g/mol. The van der Waals surface area contributed by atoms with Gasteiger partial charge in [-0.3, -0.25) is 9.38 Å². The predicted molar refractivity (Wildman–Crippen MR) is 86.1 cm³/mol. The van der Waals surface area contributed by atoms with E-state index in [0.717, 1.165) is 21.8 Å². The largest absolute Gasteiger partial charge is 0.383 e. The first kappa shape index (κ1) is 13.0. The fourth-order valence-electron chi connectivity index (χ4n) is 2.42. The standard InChI is InChI=1S/C16H11FN4S/c17-12-5-3-10(4-6-12)13-9-22-16-20-14(15(18)21(13)16)11-2-1-7-19-8-11/h1-9H,18H2. The molecule has 1 aromatic carbocycles. The highest BCUT2D eigenvalue weighted by Crippen LogP contribution is 2.34. The number of benzene rings is 1. The van der Waals surface area contributed by atoms with Gasteiger partial charge in [0.1, 0.15) is 17.3 Å². The van der Waals surface area contributed by atoms with Gasteiger partial charge in [0.25, 0.3) is 0 Å². The molecule has 0 saturated carbocycles. The molecule has 0 atom stereocenters. The van der Waals surface area contributed by atoms with Crippen molar-refractivity contribution in [3.8, 4) is 22.5 Å². The first-order chi connectivity index (χ1) is 10.7. The summed E-state index contributed by atoms with van der Waals surface area (Å²) >= 11 is 1.50. The lowest BCUT2D eigenvalue weighted by Gasteiger charge is -2.03. The second kappa shape index (κ2) is 4.92. The molecule has 3 aromatic heterocycles. The van der Waals surface area contributed by atoms with Gasteiger partial charge in [-0.05, 0) is 42.0 Å². The van der Waals surface area contributed by atoms with E-state index in [1.165, 1.54) is 23.5 Å². The average Bonchev–Trinajstić information content (AvgIpc) is 3.10. The van der Waals surface area contributed by atoms with Crippen LogP contribution in [-0.2, 0) is 0 Å². The molecular formula is C16H11FN4S. The number of imidazole rings is 1. The van der Waals surface area contributed by atoms with E-state index in [-0.39, 0.29) is 5.82 Å². The summed E-state index contributed by atoms with van der Waals surface area (Å²) in [4.78, 5) is 9.49. The number of nitrogen functional groups attached to an aromatic ring is 1. The average molecular weight is 310 g/mol. The minimum absolute atomic E-state index is 0.259. The number of anilines is 1. The van der Waals surface area contributed by atoms with Gasteiger partial charge < -0.3 is 5.73 Å². The summed E-state index contributed by atoms with van der Waals surface area (Å²) in [5.41, 5.74) is 9.68. The Bertz CT molecular complexity index is 942. The number of rotatable bonds is 2. The Labute approximate surface area is 129 Å². The van der Waals surface area contributed by atoms with Gasteiger partial charge >= 0.3 is 0 Å². The Morgan fingerprint density at radius 2 is 1.91 bits per heavy atom. The number of halogens is 1. The van der Waals surface area contributed by atoms with Crippen molar-refractivity contribution >= 4 is 22.1 Å². The number of pyridine rings is 1. The SMILES string of the molecule is Nc1c(-c2cccnc2)nc2scc(-c3ccc(F)cc3)n12. The second-order valence-corrected chi connectivity index (χ2v) is 5.67. The fourth-order valence-corrected chi connectivity index (χ4v) is 3.32. The molecule has 0 saturated heterocycles. The van der Waals surface area contributed by atoms with Gasteiger partial charge in [-0.15, -0.1) is 11.3 Å². The molecule has 4 rings (SSSR count). The normalized spacial score (nSPS) is 11.1. The number of nitrogens with zero attached hydrogens (tertiary/aromatic N) is 3. The summed E-state index contributed by atoms with van der Waals surface area (Å²) < 4.78 is 15.0. The predicted octanol–water partition coefficient (Wildman–Crippen LogP) is 3.85. The van der Waals surface area contributed by atoms with E-state index in [1.807, 2.05) is 21.9 Å². The third-order valence-corrected chi connectivity index (χ3v) is 4.30. The molecule has 0 aliphatic heterocycles. The van der Waals surface area contributed by atoms with E-state index in [9.17, 15) is 4.39 Å². The number of hydrogen-bond acceptors (Lipinski definition) is 4. The van der Waals surface area contributed by atoms with Crippen LogP contribution in [-0.4, -0.2) is 14.4 Å². The van der Waals surface area contributed by atoms with Gasteiger partial charge in [-0.1, -0.05) is 0 Å². The zero-order valence-corrected chi connectivity index (χ0v) is 12.2. The van der Waals surface area contributed by atoms with Crippen LogP contribution in [0, 0.1) is 5.82 Å². The molecule has 0 radical (unpaired) electrons. The molecule has 0 unspecified atom stereocenters. The molecule has 3 heterocycles. The lowest BCUT2D eigenvalue weighted by Crippen LogP contribution is -1.95. The van der Waals surface area contributed by atoms with Crippen LogP contribution in [0.15, 0.2) is 54.2 Å². The third-order valence-electron chi connectivity index (χ3n) is 3.47. The van der Waals surface area contributed by atoms with E-state index in [1.54, 1.807) is 24.5 Å². The van der Waals surface area contributed by atoms with Gasteiger partial charge in [0.05, 0.1) is 5.69 Å². The maximum absolute atomic E-state index is 13.1. The van der Waals surface area contributed by atoms with Gasteiger partial charge in [-0.2, -0.15) is 0 Å². The molecule has 22 heavy (non-hydrogen) atoms. The van der Waals surface area contributed by atoms with Crippen molar-refractivity contribution in [2.45, 2.75) is 0 Å². The summed E-state index contributed by atoms with van der Waals surface area (Å²) in [7, 11) is 0. The molecule has 2 N–H and O–H groups in total. The molecule has 0 aliphatic rings. The van der Waals surface area contributed by atoms with Crippen molar-refractivity contribution in [2.75, 3.05) is 5.73 Å². The topological polar surface area (TPSA) is 56.2 Å². The summed E-state index contributed by atoms with van der Waals surface area (Å²) in [6.07, 6.45) is 3.45. The minimum Gasteiger partial charge on any atom is -0.383 e. The number of aromatic nitrogens is 3. The molecule has 0 amide bonds. The zero-order chi connectivity index (χ0) is 15.1. The Morgan fingerprint density at radius 1 is 1.09 bits per heavy atom. The molecule has 0 fully saturated rings. The van der Waals surface area contributed by atoms with Crippen LogP contribution >= 0.6 is 11.3 Å². The minimum atomic E-state index is -0.259. The first-order valence-corrected chi connectivity index (χ1v) is 7.54. The van der Waals surface area contributed by atoms with Gasteiger partial charge in [0, 0.05) is 23.3 Å². The third kappa shape index (κ3) is 1.96. The summed E-state index contributed by atoms with van der Waals surface area (Å²) in [6, 6.07) is 10.1. The number of nitrogens with two attached hydrogens (primary N) is 1. The quantitative estimate of drug-likeness (QED) is 0.612. The lowest BCUT2D eigenvalue weighted by molar-refractivity contribution is 0.628. The summed E-state index contributed by atoms with van der Waals surface area (Å²) in [5.74, 6) is 0.299. The van der Waals surface area contributed by atoms with E-state index in [0.29, 0.717) is 11.5 Å². The Kier molecular flexibility index (Phi) is 2.90. The maximum atomic E-state index is 13.1. The zero-order valence-electron chi connectivity index (χ0n) is 11.4. The molecule has 108 valence electrons. The number of thiazole rings is 1. The van der Waals surface area contributed by atoms with Crippen molar-refractivity contribution in [1.29, 1.82) is 0 Å². The highest BCUT2D eigenvalue weighted by molar-refractivity contribution is 7.15. The fraction of sp³-hybridized carbons (Fsp3) is 0. The van der Waals surface area contributed by atoms with Crippen molar-refractivity contribution < 1.29 is 4.39 Å². The van der Waals surface area contributed by atoms with Crippen LogP contribution in [0.25, 0.3) is 27.5 Å². The van der Waals surface area contributed by atoms with Crippen LogP contribution in [0.3, 0.4) is 0 Å². The van der Waals surface area contributed by atoms with E-state index < -0.39 is 0 Å². The summed E-state index contributed by atoms with van der Waals surface area (Å²) in [5, 5.41) is 1.97. The van der Waals surface area contributed by atoms with Gasteiger partial charge in [-0.25, -0.2) is 9.37 Å². The Hall–Kier alpha value is -2.73.